The zero-order valence-corrected chi connectivity index (χ0v) is 17.4. The van der Waals surface area contributed by atoms with Crippen molar-refractivity contribution in [1.82, 2.24) is 19.0 Å². The Kier molecular flexibility index (Phi) is 5.59. The Labute approximate surface area is 169 Å². The fourth-order valence-electron chi connectivity index (χ4n) is 2.87. The van der Waals surface area contributed by atoms with Crippen LogP contribution < -0.4 is 0 Å². The Morgan fingerprint density at radius 1 is 1.07 bits per heavy atom. The van der Waals surface area contributed by atoms with Crippen LogP contribution in [-0.2, 0) is 19.6 Å². The monoisotopic (exact) mass is 478 g/mol. The lowest BCUT2D eigenvalue weighted by Gasteiger charge is -2.35. The number of urea groups is 1. The maximum absolute atomic E-state index is 12.8. The molecule has 27 heavy (non-hydrogen) atoms. The van der Waals surface area contributed by atoms with E-state index >= 15 is 0 Å². The lowest BCUT2D eigenvalue weighted by Crippen LogP contribution is -2.52. The van der Waals surface area contributed by atoms with E-state index in [4.69, 9.17) is 11.6 Å². The van der Waals surface area contributed by atoms with Crippen molar-refractivity contribution in [2.24, 2.45) is 0 Å². The quantitative estimate of drug-likeness (QED) is 0.468. The van der Waals surface area contributed by atoms with E-state index in [9.17, 15) is 22.8 Å². The van der Waals surface area contributed by atoms with Crippen LogP contribution in [0.4, 0.5) is 4.79 Å². The highest BCUT2D eigenvalue weighted by molar-refractivity contribution is 9.10. The molecule has 0 radical (unpaired) electrons. The van der Waals surface area contributed by atoms with Gasteiger partial charge in [0.15, 0.2) is 0 Å². The summed E-state index contributed by atoms with van der Waals surface area (Å²) in [4.78, 5) is 38.7. The molecule has 1 aromatic rings. The van der Waals surface area contributed by atoms with E-state index in [1.165, 1.54) is 23.5 Å². The molecule has 2 saturated heterocycles. The first kappa shape index (κ1) is 20.2. The van der Waals surface area contributed by atoms with Gasteiger partial charge in [-0.15, -0.1) is 0 Å². The van der Waals surface area contributed by atoms with Crippen LogP contribution in [0.2, 0.25) is 5.02 Å². The number of rotatable bonds is 4. The molecule has 2 aliphatic heterocycles. The van der Waals surface area contributed by atoms with Gasteiger partial charge in [-0.25, -0.2) is 18.1 Å². The number of likely N-dealkylation sites (N-methyl/N-ethyl adjacent to an activating group) is 1. The third-order valence-electron chi connectivity index (χ3n) is 4.44. The van der Waals surface area contributed by atoms with Crippen molar-refractivity contribution >= 4 is 55.4 Å². The van der Waals surface area contributed by atoms with Gasteiger partial charge in [0.05, 0.1) is 11.7 Å². The summed E-state index contributed by atoms with van der Waals surface area (Å²) >= 11 is 9.31. The van der Waals surface area contributed by atoms with Crippen LogP contribution in [0.25, 0.3) is 0 Å². The van der Waals surface area contributed by atoms with Gasteiger partial charge in [-0.3, -0.25) is 19.4 Å². The second kappa shape index (κ2) is 7.47. The van der Waals surface area contributed by atoms with E-state index < -0.39 is 27.9 Å². The molecule has 0 aromatic heterocycles. The average molecular weight is 480 g/mol. The molecular weight excluding hydrogens is 464 g/mol. The van der Waals surface area contributed by atoms with Crippen molar-refractivity contribution in [2.75, 3.05) is 39.9 Å². The first-order valence-electron chi connectivity index (χ1n) is 7.94. The first-order valence-corrected chi connectivity index (χ1v) is 10.5. The minimum absolute atomic E-state index is 0.0259. The lowest BCUT2D eigenvalue weighted by atomic mass is 10.4. The van der Waals surface area contributed by atoms with Crippen LogP contribution in [-0.4, -0.2) is 85.2 Å². The highest BCUT2D eigenvalue weighted by Gasteiger charge is 2.43. The molecule has 0 unspecified atom stereocenters. The van der Waals surface area contributed by atoms with Crippen molar-refractivity contribution in [3.8, 4) is 0 Å². The topological polar surface area (TPSA) is 98.3 Å². The summed E-state index contributed by atoms with van der Waals surface area (Å²) in [6.07, 6.45) is 0. The third kappa shape index (κ3) is 3.74. The molecule has 12 heteroatoms. The summed E-state index contributed by atoms with van der Waals surface area (Å²) in [5.74, 6) is -1.75. The fraction of sp³-hybridized carbons (Fsp3) is 0.400. The zero-order valence-electron chi connectivity index (χ0n) is 14.3. The smallest absolute Gasteiger partial charge is 0.283 e. The molecular formula is C15H16BrClN4O5S. The largest absolute Gasteiger partial charge is 0.335 e. The molecule has 2 aliphatic rings. The molecule has 2 fully saturated rings. The number of imide groups is 2. The number of piperazine rings is 1. The number of hydrogen-bond acceptors (Lipinski definition) is 6. The van der Waals surface area contributed by atoms with Crippen molar-refractivity contribution in [3.63, 3.8) is 0 Å². The molecule has 0 N–H and O–H groups in total. The number of halogens is 2. The van der Waals surface area contributed by atoms with Gasteiger partial charge in [0.2, 0.25) is 10.0 Å². The van der Waals surface area contributed by atoms with Gasteiger partial charge in [0.1, 0.15) is 4.90 Å². The number of sulfonamides is 1. The molecule has 146 valence electrons. The average Bonchev–Trinajstić information content (AvgIpc) is 2.80. The van der Waals surface area contributed by atoms with Crippen molar-refractivity contribution < 1.29 is 22.8 Å². The minimum atomic E-state index is -3.76. The van der Waals surface area contributed by atoms with Crippen LogP contribution in [0.5, 0.6) is 0 Å². The van der Waals surface area contributed by atoms with Crippen LogP contribution in [0.3, 0.4) is 0 Å². The van der Waals surface area contributed by atoms with E-state index in [1.807, 2.05) is 0 Å². The molecule has 0 aliphatic carbocycles. The number of hydrogen-bond donors (Lipinski definition) is 0. The SMILES string of the molecule is CN1C(=O)C(=O)N(CN2CCN(S(=O)(=O)c3ccc(Br)cc3Cl)CC2)C1=O. The number of carbonyl (C=O) groups excluding carboxylic acids is 3. The predicted molar refractivity (Wildman–Crippen MR) is 99.4 cm³/mol. The standard InChI is InChI=1S/C15H16BrClN4O5S/c1-18-13(22)14(23)21(15(18)24)9-19-4-6-20(7-5-19)27(25,26)12-3-2-10(16)8-11(12)17/h2-3,8H,4-7,9H2,1H3. The van der Waals surface area contributed by atoms with Gasteiger partial charge in [-0.05, 0) is 18.2 Å². The minimum Gasteiger partial charge on any atom is -0.283 e. The Bertz CT molecular complexity index is 917. The van der Waals surface area contributed by atoms with E-state index in [0.29, 0.717) is 17.6 Å². The summed E-state index contributed by atoms with van der Waals surface area (Å²) in [7, 11) is -2.51. The molecule has 0 saturated carbocycles. The maximum atomic E-state index is 12.8. The fourth-order valence-corrected chi connectivity index (χ4v) is 5.31. The van der Waals surface area contributed by atoms with Crippen molar-refractivity contribution in [3.05, 3.63) is 27.7 Å². The molecule has 2 heterocycles. The second-order valence-electron chi connectivity index (χ2n) is 6.12. The third-order valence-corrected chi connectivity index (χ3v) is 7.31. The number of amides is 4. The molecule has 0 atom stereocenters. The second-order valence-corrected chi connectivity index (χ2v) is 9.35. The maximum Gasteiger partial charge on any atom is 0.335 e. The van der Waals surface area contributed by atoms with E-state index in [1.54, 1.807) is 11.0 Å². The summed E-state index contributed by atoms with van der Waals surface area (Å²) in [5.41, 5.74) is 0. The summed E-state index contributed by atoms with van der Waals surface area (Å²) in [6.45, 7) is 0.912. The van der Waals surface area contributed by atoms with Crippen LogP contribution >= 0.6 is 27.5 Å². The summed E-state index contributed by atoms with van der Waals surface area (Å²) in [5, 5.41) is 0.126. The van der Waals surface area contributed by atoms with Crippen LogP contribution in [0, 0.1) is 0 Å². The van der Waals surface area contributed by atoms with E-state index in [-0.39, 0.29) is 29.7 Å². The summed E-state index contributed by atoms with van der Waals surface area (Å²) in [6, 6.07) is 3.88. The van der Waals surface area contributed by atoms with Gasteiger partial charge in [-0.1, -0.05) is 27.5 Å². The molecule has 0 spiro atoms. The van der Waals surface area contributed by atoms with Gasteiger partial charge in [0, 0.05) is 37.7 Å². The number of nitrogens with zero attached hydrogens (tertiary/aromatic N) is 4. The normalized spacial score (nSPS) is 20.0. The Hall–Kier alpha value is -1.53. The van der Waals surface area contributed by atoms with Gasteiger partial charge in [-0.2, -0.15) is 4.31 Å². The molecule has 4 amide bonds. The van der Waals surface area contributed by atoms with Crippen LogP contribution in [0.1, 0.15) is 0 Å². The van der Waals surface area contributed by atoms with Gasteiger partial charge < -0.3 is 0 Å². The van der Waals surface area contributed by atoms with Crippen molar-refractivity contribution in [1.29, 1.82) is 0 Å². The first-order chi connectivity index (χ1) is 12.6. The van der Waals surface area contributed by atoms with Gasteiger partial charge in [0.25, 0.3) is 0 Å². The Morgan fingerprint density at radius 3 is 2.22 bits per heavy atom. The number of benzene rings is 1. The van der Waals surface area contributed by atoms with E-state index in [2.05, 4.69) is 15.9 Å². The predicted octanol–water partition coefficient (Wildman–Crippen LogP) is 0.787. The van der Waals surface area contributed by atoms with E-state index in [0.717, 1.165) is 9.80 Å². The Balaban J connectivity index is 1.66. The molecule has 0 bridgehead atoms. The van der Waals surface area contributed by atoms with Crippen molar-refractivity contribution in [2.45, 2.75) is 4.90 Å². The van der Waals surface area contributed by atoms with Gasteiger partial charge >= 0.3 is 17.8 Å². The summed E-state index contributed by atoms with van der Waals surface area (Å²) < 4.78 is 27.6. The van der Waals surface area contributed by atoms with Crippen LogP contribution in [0.15, 0.2) is 27.6 Å². The molecule has 9 nitrogen and oxygen atoms in total. The number of carbonyl (C=O) groups is 3. The highest BCUT2D eigenvalue weighted by Crippen LogP contribution is 2.28. The Morgan fingerprint density at radius 2 is 1.70 bits per heavy atom. The lowest BCUT2D eigenvalue weighted by molar-refractivity contribution is -0.143. The highest BCUT2D eigenvalue weighted by atomic mass is 79.9. The molecule has 3 rings (SSSR count). The zero-order chi connectivity index (χ0) is 19.9. The molecule has 1 aromatic carbocycles.